The molecule has 1 heterocycles. The number of rotatable bonds is 5. The summed E-state index contributed by atoms with van der Waals surface area (Å²) in [5.74, 6) is 0.710. The number of hydrogen-bond donors (Lipinski definition) is 1. The van der Waals surface area contributed by atoms with Gasteiger partial charge in [-0.2, -0.15) is 0 Å². The molecule has 0 saturated carbocycles. The van der Waals surface area contributed by atoms with Gasteiger partial charge >= 0.3 is 0 Å². The molecule has 1 aromatic rings. The Bertz CT molecular complexity index is 404. The quantitative estimate of drug-likeness (QED) is 0.869. The minimum atomic E-state index is 0.710. The van der Waals surface area contributed by atoms with Crippen LogP contribution < -0.4 is 10.2 Å². The third-order valence-corrected chi connectivity index (χ3v) is 4.05. The van der Waals surface area contributed by atoms with E-state index in [2.05, 4.69) is 49.2 Å². The van der Waals surface area contributed by atoms with Crippen LogP contribution in [0.5, 0.6) is 0 Å². The molecule has 1 aliphatic heterocycles. The lowest BCUT2D eigenvalue weighted by molar-refractivity contribution is 0.552. The van der Waals surface area contributed by atoms with Gasteiger partial charge in [0.05, 0.1) is 0 Å². The molecule has 2 nitrogen and oxygen atoms in total. The molecule has 0 aliphatic carbocycles. The average Bonchev–Trinajstić information content (AvgIpc) is 2.67. The predicted octanol–water partition coefficient (Wildman–Crippen LogP) is 4.12. The molecule has 0 atom stereocenters. The van der Waals surface area contributed by atoms with Crippen LogP contribution in [0.2, 0.25) is 0 Å². The topological polar surface area (TPSA) is 15.3 Å². The monoisotopic (exact) mass is 274 g/mol. The van der Waals surface area contributed by atoms with Gasteiger partial charge < -0.3 is 10.2 Å². The molecule has 0 unspecified atom stereocenters. The first-order valence-electron chi connectivity index (χ1n) is 8.22. The summed E-state index contributed by atoms with van der Waals surface area (Å²) in [5, 5.41) is 3.60. The number of anilines is 1. The van der Waals surface area contributed by atoms with Crippen molar-refractivity contribution in [2.75, 3.05) is 24.5 Å². The van der Waals surface area contributed by atoms with Crippen LogP contribution in [0.3, 0.4) is 0 Å². The van der Waals surface area contributed by atoms with Crippen molar-refractivity contribution in [2.24, 2.45) is 5.92 Å². The Kier molecular flexibility index (Phi) is 5.90. The van der Waals surface area contributed by atoms with Crippen LogP contribution in [-0.4, -0.2) is 19.6 Å². The van der Waals surface area contributed by atoms with Crippen LogP contribution in [0.1, 0.15) is 50.7 Å². The van der Waals surface area contributed by atoms with Gasteiger partial charge in [0, 0.05) is 25.3 Å². The van der Waals surface area contributed by atoms with Crippen molar-refractivity contribution in [2.45, 2.75) is 53.0 Å². The lowest BCUT2D eigenvalue weighted by Crippen LogP contribution is -2.27. The van der Waals surface area contributed by atoms with Crippen molar-refractivity contribution in [1.29, 1.82) is 0 Å². The van der Waals surface area contributed by atoms with Crippen molar-refractivity contribution in [1.82, 2.24) is 5.32 Å². The molecule has 0 radical (unpaired) electrons. The summed E-state index contributed by atoms with van der Waals surface area (Å²) >= 11 is 0. The molecule has 2 rings (SSSR count). The van der Waals surface area contributed by atoms with Crippen LogP contribution in [0.4, 0.5) is 5.69 Å². The van der Waals surface area contributed by atoms with E-state index in [1.54, 1.807) is 0 Å². The van der Waals surface area contributed by atoms with E-state index < -0.39 is 0 Å². The number of hydrogen-bond acceptors (Lipinski definition) is 2. The number of aryl methyl sites for hydroxylation is 1. The SMILES string of the molecule is Cc1ccc(N2CCCCCC2)c(CNCC(C)C)c1. The van der Waals surface area contributed by atoms with Gasteiger partial charge in [-0.15, -0.1) is 0 Å². The number of benzene rings is 1. The maximum Gasteiger partial charge on any atom is 0.0412 e. The highest BCUT2D eigenvalue weighted by molar-refractivity contribution is 5.55. The second-order valence-electron chi connectivity index (χ2n) is 6.56. The lowest BCUT2D eigenvalue weighted by Gasteiger charge is -2.26. The summed E-state index contributed by atoms with van der Waals surface area (Å²) < 4.78 is 0. The molecular formula is C18H30N2. The maximum atomic E-state index is 3.60. The first-order valence-corrected chi connectivity index (χ1v) is 8.22. The van der Waals surface area contributed by atoms with Crippen LogP contribution in [-0.2, 0) is 6.54 Å². The van der Waals surface area contributed by atoms with E-state index in [1.807, 2.05) is 0 Å². The molecule has 0 bridgehead atoms. The first kappa shape index (κ1) is 15.4. The zero-order valence-electron chi connectivity index (χ0n) is 13.4. The summed E-state index contributed by atoms with van der Waals surface area (Å²) in [5.41, 5.74) is 4.28. The van der Waals surface area contributed by atoms with Gasteiger partial charge in [-0.25, -0.2) is 0 Å². The molecule has 20 heavy (non-hydrogen) atoms. The van der Waals surface area contributed by atoms with Crippen LogP contribution in [0.15, 0.2) is 18.2 Å². The Hall–Kier alpha value is -1.02. The fourth-order valence-corrected chi connectivity index (χ4v) is 2.97. The largest absolute Gasteiger partial charge is 0.371 e. The van der Waals surface area contributed by atoms with Crippen molar-refractivity contribution >= 4 is 5.69 Å². The van der Waals surface area contributed by atoms with Gasteiger partial charge in [0.25, 0.3) is 0 Å². The van der Waals surface area contributed by atoms with Gasteiger partial charge in [0.2, 0.25) is 0 Å². The average molecular weight is 274 g/mol. The van der Waals surface area contributed by atoms with E-state index >= 15 is 0 Å². The van der Waals surface area contributed by atoms with E-state index in [0.29, 0.717) is 5.92 Å². The van der Waals surface area contributed by atoms with Crippen LogP contribution >= 0.6 is 0 Å². The van der Waals surface area contributed by atoms with E-state index in [9.17, 15) is 0 Å². The number of nitrogens with one attached hydrogen (secondary N) is 1. The molecular weight excluding hydrogens is 244 g/mol. The molecule has 1 N–H and O–H groups in total. The number of nitrogens with zero attached hydrogens (tertiary/aromatic N) is 1. The van der Waals surface area contributed by atoms with E-state index in [-0.39, 0.29) is 0 Å². The Balaban J connectivity index is 2.09. The lowest BCUT2D eigenvalue weighted by atomic mass is 10.1. The van der Waals surface area contributed by atoms with Gasteiger partial charge in [-0.05, 0) is 43.9 Å². The molecule has 2 heteroatoms. The predicted molar refractivity (Wildman–Crippen MR) is 88.4 cm³/mol. The molecule has 1 aromatic carbocycles. The Morgan fingerprint density at radius 1 is 1.10 bits per heavy atom. The van der Waals surface area contributed by atoms with E-state index in [0.717, 1.165) is 13.1 Å². The Morgan fingerprint density at radius 2 is 1.80 bits per heavy atom. The van der Waals surface area contributed by atoms with Crippen molar-refractivity contribution in [3.63, 3.8) is 0 Å². The van der Waals surface area contributed by atoms with E-state index in [1.165, 1.54) is 55.6 Å². The van der Waals surface area contributed by atoms with E-state index in [4.69, 9.17) is 0 Å². The normalized spacial score (nSPS) is 16.5. The standard InChI is InChI=1S/C18H30N2/c1-15(2)13-19-14-17-12-16(3)8-9-18(17)20-10-6-4-5-7-11-20/h8-9,12,15,19H,4-7,10-11,13-14H2,1-3H3. The van der Waals surface area contributed by atoms with Gasteiger partial charge in [-0.3, -0.25) is 0 Å². The molecule has 1 saturated heterocycles. The minimum absolute atomic E-state index is 0.710. The second kappa shape index (κ2) is 7.68. The van der Waals surface area contributed by atoms with Gasteiger partial charge in [0.15, 0.2) is 0 Å². The molecule has 1 fully saturated rings. The smallest absolute Gasteiger partial charge is 0.0412 e. The van der Waals surface area contributed by atoms with Crippen molar-refractivity contribution in [3.05, 3.63) is 29.3 Å². The summed E-state index contributed by atoms with van der Waals surface area (Å²) in [4.78, 5) is 2.60. The summed E-state index contributed by atoms with van der Waals surface area (Å²) in [6.07, 6.45) is 5.46. The maximum absolute atomic E-state index is 3.60. The first-order chi connectivity index (χ1) is 9.66. The summed E-state index contributed by atoms with van der Waals surface area (Å²) in [7, 11) is 0. The third-order valence-electron chi connectivity index (χ3n) is 4.05. The second-order valence-corrected chi connectivity index (χ2v) is 6.56. The Labute approximate surface area is 124 Å². The van der Waals surface area contributed by atoms with Crippen LogP contribution in [0.25, 0.3) is 0 Å². The molecule has 0 amide bonds. The van der Waals surface area contributed by atoms with Gasteiger partial charge in [-0.1, -0.05) is 44.4 Å². The summed E-state index contributed by atoms with van der Waals surface area (Å²) in [6, 6.07) is 6.94. The highest BCUT2D eigenvalue weighted by atomic mass is 15.1. The molecule has 1 aliphatic rings. The molecule has 0 spiro atoms. The highest BCUT2D eigenvalue weighted by Crippen LogP contribution is 2.25. The van der Waals surface area contributed by atoms with Crippen molar-refractivity contribution in [3.8, 4) is 0 Å². The fourth-order valence-electron chi connectivity index (χ4n) is 2.97. The summed E-state index contributed by atoms with van der Waals surface area (Å²) in [6.45, 7) is 11.2. The minimum Gasteiger partial charge on any atom is -0.371 e. The van der Waals surface area contributed by atoms with Crippen LogP contribution in [0, 0.1) is 12.8 Å². The van der Waals surface area contributed by atoms with Gasteiger partial charge in [0.1, 0.15) is 0 Å². The third kappa shape index (κ3) is 4.52. The Morgan fingerprint density at radius 3 is 2.45 bits per heavy atom. The molecule has 0 aromatic heterocycles. The molecule has 112 valence electrons. The fraction of sp³-hybridized carbons (Fsp3) is 0.667. The highest BCUT2D eigenvalue weighted by Gasteiger charge is 2.13. The van der Waals surface area contributed by atoms with Crippen molar-refractivity contribution < 1.29 is 0 Å². The zero-order chi connectivity index (χ0) is 14.4. The zero-order valence-corrected chi connectivity index (χ0v) is 13.4.